The Hall–Kier alpha value is -0.850. The van der Waals surface area contributed by atoms with Crippen molar-refractivity contribution in [1.29, 1.82) is 0 Å². The number of nitrogens with one attached hydrogen (secondary N) is 1. The van der Waals surface area contributed by atoms with Gasteiger partial charge < -0.3 is 15.2 Å². The van der Waals surface area contributed by atoms with E-state index in [1.54, 1.807) is 21.6 Å². The van der Waals surface area contributed by atoms with Crippen LogP contribution in [-0.2, 0) is 11.3 Å². The topological polar surface area (TPSA) is 58.6 Å². The number of carbonyl (C=O) groups excluding carboxylic acids is 1. The van der Waals surface area contributed by atoms with E-state index in [4.69, 9.17) is 4.74 Å². The standard InChI is InChI=1S/C14H21NO3S2/c1-14(2,3)18-13(17)15-8-9-19-20-12-7-5-4-6-11(12)10-16/h4-7,16H,8-10H2,1-3H3,(H,15,17). The molecule has 20 heavy (non-hydrogen) atoms. The van der Waals surface area contributed by atoms with Gasteiger partial charge in [0.05, 0.1) is 6.61 Å². The molecule has 2 N–H and O–H groups in total. The molecule has 0 fully saturated rings. The second kappa shape index (κ2) is 8.44. The molecule has 1 aromatic rings. The number of amides is 1. The highest BCUT2D eigenvalue weighted by molar-refractivity contribution is 8.76. The van der Waals surface area contributed by atoms with Crippen LogP contribution in [0.3, 0.4) is 0 Å². The minimum Gasteiger partial charge on any atom is -0.444 e. The monoisotopic (exact) mass is 315 g/mol. The van der Waals surface area contributed by atoms with E-state index in [2.05, 4.69) is 5.32 Å². The second-order valence-corrected chi connectivity index (χ2v) is 7.56. The molecule has 1 amide bonds. The summed E-state index contributed by atoms with van der Waals surface area (Å²) in [5.74, 6) is 0.768. The van der Waals surface area contributed by atoms with Crippen LogP contribution in [0.4, 0.5) is 4.79 Å². The highest BCUT2D eigenvalue weighted by Crippen LogP contribution is 2.33. The van der Waals surface area contributed by atoms with Crippen molar-refractivity contribution in [2.75, 3.05) is 12.3 Å². The average molecular weight is 315 g/mol. The number of hydrogen-bond acceptors (Lipinski definition) is 5. The van der Waals surface area contributed by atoms with Crippen molar-refractivity contribution < 1.29 is 14.6 Å². The zero-order valence-electron chi connectivity index (χ0n) is 12.0. The molecule has 0 radical (unpaired) electrons. The molecule has 0 aliphatic carbocycles. The number of benzene rings is 1. The van der Waals surface area contributed by atoms with E-state index in [1.807, 2.05) is 45.0 Å². The van der Waals surface area contributed by atoms with Gasteiger partial charge in [0.25, 0.3) is 0 Å². The summed E-state index contributed by atoms with van der Waals surface area (Å²) in [6, 6.07) is 7.73. The first-order valence-electron chi connectivity index (χ1n) is 6.37. The summed E-state index contributed by atoms with van der Waals surface area (Å²) >= 11 is 0. The lowest BCUT2D eigenvalue weighted by atomic mass is 10.2. The van der Waals surface area contributed by atoms with E-state index in [-0.39, 0.29) is 12.7 Å². The van der Waals surface area contributed by atoms with E-state index in [9.17, 15) is 9.90 Å². The van der Waals surface area contributed by atoms with E-state index in [0.29, 0.717) is 6.54 Å². The van der Waals surface area contributed by atoms with Crippen LogP contribution in [0.5, 0.6) is 0 Å². The predicted octanol–water partition coefficient (Wildman–Crippen LogP) is 3.44. The van der Waals surface area contributed by atoms with Gasteiger partial charge in [-0.1, -0.05) is 39.8 Å². The van der Waals surface area contributed by atoms with Crippen molar-refractivity contribution in [2.24, 2.45) is 0 Å². The number of rotatable bonds is 6. The summed E-state index contributed by atoms with van der Waals surface area (Å²) < 4.78 is 5.14. The fraction of sp³-hybridized carbons (Fsp3) is 0.500. The fourth-order valence-electron chi connectivity index (χ4n) is 1.33. The number of carbonyl (C=O) groups is 1. The van der Waals surface area contributed by atoms with Gasteiger partial charge in [-0.15, -0.1) is 0 Å². The average Bonchev–Trinajstić information content (AvgIpc) is 2.36. The lowest BCUT2D eigenvalue weighted by molar-refractivity contribution is 0.0531. The Morgan fingerprint density at radius 2 is 2.05 bits per heavy atom. The fourth-order valence-corrected chi connectivity index (χ4v) is 3.47. The maximum absolute atomic E-state index is 11.4. The zero-order valence-corrected chi connectivity index (χ0v) is 13.6. The Morgan fingerprint density at radius 1 is 1.35 bits per heavy atom. The molecular weight excluding hydrogens is 294 g/mol. The number of ether oxygens (including phenoxy) is 1. The minimum absolute atomic E-state index is 0.0416. The Bertz CT molecular complexity index is 433. The van der Waals surface area contributed by atoms with Crippen molar-refractivity contribution in [3.8, 4) is 0 Å². The van der Waals surface area contributed by atoms with Crippen LogP contribution in [0.15, 0.2) is 29.2 Å². The van der Waals surface area contributed by atoms with Crippen LogP contribution >= 0.6 is 21.6 Å². The van der Waals surface area contributed by atoms with Gasteiger partial charge in [-0.25, -0.2) is 4.79 Å². The third-order valence-corrected chi connectivity index (χ3v) is 4.60. The first-order chi connectivity index (χ1) is 9.42. The number of alkyl carbamates (subject to hydrolysis) is 1. The van der Waals surface area contributed by atoms with Gasteiger partial charge >= 0.3 is 6.09 Å². The number of aliphatic hydroxyl groups is 1. The Kier molecular flexibility index (Phi) is 7.26. The maximum Gasteiger partial charge on any atom is 0.407 e. The number of aliphatic hydroxyl groups excluding tert-OH is 1. The van der Waals surface area contributed by atoms with Crippen LogP contribution in [0.25, 0.3) is 0 Å². The smallest absolute Gasteiger partial charge is 0.407 e. The van der Waals surface area contributed by atoms with Crippen LogP contribution in [-0.4, -0.2) is 29.1 Å². The van der Waals surface area contributed by atoms with Gasteiger partial charge in [0, 0.05) is 17.2 Å². The molecule has 0 atom stereocenters. The van der Waals surface area contributed by atoms with Crippen molar-refractivity contribution in [1.82, 2.24) is 5.32 Å². The molecular formula is C14H21NO3S2. The number of hydrogen-bond donors (Lipinski definition) is 2. The molecule has 1 aromatic carbocycles. The maximum atomic E-state index is 11.4. The molecule has 4 nitrogen and oxygen atoms in total. The van der Waals surface area contributed by atoms with Crippen molar-refractivity contribution in [3.63, 3.8) is 0 Å². The summed E-state index contributed by atoms with van der Waals surface area (Å²) in [5, 5.41) is 11.9. The summed E-state index contributed by atoms with van der Waals surface area (Å²) in [4.78, 5) is 12.5. The summed E-state index contributed by atoms with van der Waals surface area (Å²) in [6.45, 7) is 6.10. The second-order valence-electron chi connectivity index (χ2n) is 5.10. The first kappa shape index (κ1) is 17.2. The lowest BCUT2D eigenvalue weighted by Crippen LogP contribution is -2.33. The van der Waals surface area contributed by atoms with E-state index in [0.717, 1.165) is 16.2 Å². The van der Waals surface area contributed by atoms with Crippen LogP contribution < -0.4 is 5.32 Å². The molecule has 0 aliphatic rings. The van der Waals surface area contributed by atoms with E-state index >= 15 is 0 Å². The highest BCUT2D eigenvalue weighted by atomic mass is 33.1. The first-order valence-corrected chi connectivity index (χ1v) is 8.69. The quantitative estimate of drug-likeness (QED) is 0.622. The summed E-state index contributed by atoms with van der Waals surface area (Å²) in [6.07, 6.45) is -0.390. The molecule has 1 rings (SSSR count). The molecule has 0 bridgehead atoms. The van der Waals surface area contributed by atoms with Crippen molar-refractivity contribution >= 4 is 27.7 Å². The molecule has 0 unspecified atom stereocenters. The summed E-state index contributed by atoms with van der Waals surface area (Å²) in [5.41, 5.74) is 0.455. The summed E-state index contributed by atoms with van der Waals surface area (Å²) in [7, 11) is 3.23. The Morgan fingerprint density at radius 3 is 2.70 bits per heavy atom. The molecule has 0 spiro atoms. The van der Waals surface area contributed by atoms with Gasteiger partial charge in [0.1, 0.15) is 5.60 Å². The van der Waals surface area contributed by atoms with E-state index in [1.165, 1.54) is 0 Å². The van der Waals surface area contributed by atoms with E-state index < -0.39 is 5.60 Å². The third kappa shape index (κ3) is 7.07. The van der Waals surface area contributed by atoms with Gasteiger partial charge in [-0.3, -0.25) is 0 Å². The van der Waals surface area contributed by atoms with Crippen LogP contribution in [0.1, 0.15) is 26.3 Å². The lowest BCUT2D eigenvalue weighted by Gasteiger charge is -2.19. The normalized spacial score (nSPS) is 11.2. The van der Waals surface area contributed by atoms with Gasteiger partial charge in [-0.2, -0.15) is 0 Å². The SMILES string of the molecule is CC(C)(C)OC(=O)NCCSSc1ccccc1CO. The molecule has 0 saturated heterocycles. The molecule has 6 heteroatoms. The van der Waals surface area contributed by atoms with Crippen LogP contribution in [0.2, 0.25) is 0 Å². The molecule has 0 aromatic heterocycles. The van der Waals surface area contributed by atoms with Crippen molar-refractivity contribution in [3.05, 3.63) is 29.8 Å². The zero-order chi connectivity index (χ0) is 15.0. The Balaban J connectivity index is 2.21. The Labute approximate surface area is 128 Å². The third-order valence-electron chi connectivity index (χ3n) is 2.15. The highest BCUT2D eigenvalue weighted by Gasteiger charge is 2.15. The van der Waals surface area contributed by atoms with Crippen molar-refractivity contribution in [2.45, 2.75) is 37.9 Å². The van der Waals surface area contributed by atoms with Gasteiger partial charge in [0.15, 0.2) is 0 Å². The predicted molar refractivity (Wildman–Crippen MR) is 84.9 cm³/mol. The van der Waals surface area contributed by atoms with Gasteiger partial charge in [0.2, 0.25) is 0 Å². The molecule has 0 aliphatic heterocycles. The molecule has 0 heterocycles. The minimum atomic E-state index is -0.466. The molecule has 112 valence electrons. The van der Waals surface area contributed by atoms with Crippen LogP contribution in [0, 0.1) is 0 Å². The molecule has 0 saturated carbocycles. The van der Waals surface area contributed by atoms with Gasteiger partial charge in [-0.05, 0) is 32.4 Å². The largest absolute Gasteiger partial charge is 0.444 e.